The van der Waals surface area contributed by atoms with Crippen LogP contribution in [-0.4, -0.2) is 17.0 Å². The van der Waals surface area contributed by atoms with E-state index in [1.807, 2.05) is 13.8 Å². The highest BCUT2D eigenvalue weighted by Crippen LogP contribution is 2.37. The molecule has 0 amide bonds. The van der Waals surface area contributed by atoms with Gasteiger partial charge in [0, 0.05) is 6.42 Å². The van der Waals surface area contributed by atoms with Gasteiger partial charge >= 0.3 is 0 Å². The predicted molar refractivity (Wildman–Crippen MR) is 64.0 cm³/mol. The molecule has 15 heavy (non-hydrogen) atoms. The van der Waals surface area contributed by atoms with E-state index >= 15 is 0 Å². The molecule has 0 saturated heterocycles. The summed E-state index contributed by atoms with van der Waals surface area (Å²) in [4.78, 5) is 11.1. The monoisotopic (exact) mass is 214 g/mol. The second kappa shape index (κ2) is 4.25. The number of ketones is 1. The number of rotatable bonds is 4. The fraction of sp³-hybridized carbons (Fsp3) is 0.923. The molecule has 2 nitrogen and oxygen atoms in total. The minimum Gasteiger partial charge on any atom is -0.369 e. The third kappa shape index (κ3) is 4.78. The first-order valence-corrected chi connectivity index (χ1v) is 5.57. The van der Waals surface area contributed by atoms with Crippen molar-refractivity contribution in [3.63, 3.8) is 0 Å². The van der Waals surface area contributed by atoms with Gasteiger partial charge in [0.25, 0.3) is 0 Å². The van der Waals surface area contributed by atoms with E-state index in [1.54, 1.807) is 6.92 Å². The van der Waals surface area contributed by atoms with Crippen LogP contribution in [0.25, 0.3) is 0 Å². The van der Waals surface area contributed by atoms with Crippen molar-refractivity contribution in [3.8, 4) is 0 Å². The van der Waals surface area contributed by atoms with E-state index in [0.29, 0.717) is 6.42 Å². The third-order valence-corrected chi connectivity index (χ3v) is 3.01. The van der Waals surface area contributed by atoms with Crippen LogP contribution in [0.2, 0.25) is 0 Å². The normalized spacial score (nSPS) is 14.1. The first-order valence-electron chi connectivity index (χ1n) is 5.57. The van der Waals surface area contributed by atoms with Gasteiger partial charge in [0.1, 0.15) is 5.78 Å². The van der Waals surface area contributed by atoms with E-state index in [-0.39, 0.29) is 22.4 Å². The second-order valence-corrected chi connectivity index (χ2v) is 6.50. The lowest BCUT2D eigenvalue weighted by atomic mass is 9.78. The smallest absolute Gasteiger partial charge is 0.132 e. The molecule has 2 heteroatoms. The Hall–Kier alpha value is -0.370. The number of hydrogen-bond donors (Lipinski definition) is 0. The molecule has 0 spiro atoms. The quantitative estimate of drug-likeness (QED) is 0.715. The van der Waals surface area contributed by atoms with Crippen LogP contribution in [-0.2, 0) is 9.53 Å². The summed E-state index contributed by atoms with van der Waals surface area (Å²) in [6, 6.07) is 0. The van der Waals surface area contributed by atoms with Crippen molar-refractivity contribution in [1.82, 2.24) is 0 Å². The topological polar surface area (TPSA) is 26.3 Å². The van der Waals surface area contributed by atoms with Gasteiger partial charge in [0.15, 0.2) is 0 Å². The van der Waals surface area contributed by atoms with Crippen LogP contribution in [0.4, 0.5) is 0 Å². The highest BCUT2D eigenvalue weighted by molar-refractivity contribution is 5.76. The molecule has 0 saturated carbocycles. The molecule has 0 aliphatic carbocycles. The Bertz CT molecular complexity index is 231. The van der Waals surface area contributed by atoms with Gasteiger partial charge in [0.05, 0.1) is 11.2 Å². The third-order valence-electron chi connectivity index (χ3n) is 3.01. The van der Waals surface area contributed by atoms with Gasteiger partial charge in [-0.3, -0.25) is 4.79 Å². The van der Waals surface area contributed by atoms with E-state index in [1.165, 1.54) is 0 Å². The van der Waals surface area contributed by atoms with Crippen LogP contribution in [0.5, 0.6) is 0 Å². The fourth-order valence-electron chi connectivity index (χ4n) is 1.48. The Kier molecular flexibility index (Phi) is 4.14. The van der Waals surface area contributed by atoms with Gasteiger partial charge in [-0.05, 0) is 40.0 Å². The van der Waals surface area contributed by atoms with Gasteiger partial charge in [-0.25, -0.2) is 0 Å². The summed E-state index contributed by atoms with van der Waals surface area (Å²) in [7, 11) is 0. The van der Waals surface area contributed by atoms with Crippen molar-refractivity contribution in [1.29, 1.82) is 0 Å². The van der Waals surface area contributed by atoms with Gasteiger partial charge in [-0.2, -0.15) is 0 Å². The molecule has 0 radical (unpaired) electrons. The largest absolute Gasteiger partial charge is 0.369 e. The first kappa shape index (κ1) is 14.6. The molecule has 0 unspecified atom stereocenters. The van der Waals surface area contributed by atoms with Crippen LogP contribution in [0.1, 0.15) is 61.8 Å². The molecular formula is C13H26O2. The lowest BCUT2D eigenvalue weighted by Gasteiger charge is -2.44. The molecule has 0 aromatic carbocycles. The van der Waals surface area contributed by atoms with Gasteiger partial charge in [-0.15, -0.1) is 0 Å². The molecule has 0 heterocycles. The van der Waals surface area contributed by atoms with Crippen molar-refractivity contribution in [2.24, 2.45) is 5.41 Å². The van der Waals surface area contributed by atoms with E-state index in [4.69, 9.17) is 4.74 Å². The number of Topliss-reactive ketones (excluding diaryl/α,β-unsaturated/α-hetero) is 1. The standard InChI is InChI=1S/C13H26O2/c1-10(14)9-12(5,6)15-13(7,8)11(2,3)4/h9H2,1-8H3. The zero-order valence-electron chi connectivity index (χ0n) is 11.5. The summed E-state index contributed by atoms with van der Waals surface area (Å²) < 4.78 is 6.08. The highest BCUT2D eigenvalue weighted by atomic mass is 16.5. The summed E-state index contributed by atoms with van der Waals surface area (Å²) >= 11 is 0. The molecular weight excluding hydrogens is 188 g/mol. The lowest BCUT2D eigenvalue weighted by molar-refractivity contribution is -0.174. The summed E-state index contributed by atoms with van der Waals surface area (Å²) in [5, 5.41) is 0. The Labute approximate surface area is 94.4 Å². The fourth-order valence-corrected chi connectivity index (χ4v) is 1.48. The molecule has 0 aliphatic heterocycles. The number of carbonyl (C=O) groups is 1. The van der Waals surface area contributed by atoms with E-state index in [2.05, 4.69) is 34.6 Å². The number of carbonyl (C=O) groups excluding carboxylic acids is 1. The van der Waals surface area contributed by atoms with Crippen molar-refractivity contribution < 1.29 is 9.53 Å². The van der Waals surface area contributed by atoms with Crippen molar-refractivity contribution in [2.75, 3.05) is 0 Å². The summed E-state index contributed by atoms with van der Waals surface area (Å²) in [5.41, 5.74) is -0.574. The van der Waals surface area contributed by atoms with Gasteiger partial charge in [0.2, 0.25) is 0 Å². The summed E-state index contributed by atoms with van der Waals surface area (Å²) in [6.07, 6.45) is 0.465. The van der Waals surface area contributed by atoms with Crippen LogP contribution in [0.3, 0.4) is 0 Å². The average molecular weight is 214 g/mol. The minimum atomic E-state index is -0.386. The molecule has 0 aromatic rings. The van der Waals surface area contributed by atoms with Crippen molar-refractivity contribution >= 4 is 5.78 Å². The van der Waals surface area contributed by atoms with Gasteiger partial charge in [-0.1, -0.05) is 20.8 Å². The molecule has 90 valence electrons. The Morgan fingerprint density at radius 3 is 1.67 bits per heavy atom. The maximum absolute atomic E-state index is 11.1. The predicted octanol–water partition coefficient (Wildman–Crippen LogP) is 3.59. The SMILES string of the molecule is CC(=O)CC(C)(C)OC(C)(C)C(C)(C)C. The Morgan fingerprint density at radius 2 is 1.40 bits per heavy atom. The van der Waals surface area contributed by atoms with Crippen molar-refractivity contribution in [3.05, 3.63) is 0 Å². The molecule has 0 N–H and O–H groups in total. The molecule has 0 rings (SSSR count). The maximum Gasteiger partial charge on any atom is 0.132 e. The van der Waals surface area contributed by atoms with Crippen LogP contribution >= 0.6 is 0 Å². The van der Waals surface area contributed by atoms with E-state index in [0.717, 1.165) is 0 Å². The Morgan fingerprint density at radius 1 is 1.00 bits per heavy atom. The minimum absolute atomic E-state index is 0.0566. The van der Waals surface area contributed by atoms with Crippen molar-refractivity contribution in [2.45, 2.75) is 73.0 Å². The van der Waals surface area contributed by atoms with Crippen LogP contribution < -0.4 is 0 Å². The molecule has 0 bridgehead atoms. The van der Waals surface area contributed by atoms with Crippen LogP contribution in [0, 0.1) is 5.41 Å². The average Bonchev–Trinajstić information content (AvgIpc) is 1.75. The number of hydrogen-bond acceptors (Lipinski definition) is 2. The summed E-state index contributed by atoms with van der Waals surface area (Å²) in [5.74, 6) is 0.171. The molecule has 0 aromatic heterocycles. The first-order chi connectivity index (χ1) is 6.37. The molecule has 0 atom stereocenters. The maximum atomic E-state index is 11.1. The molecule has 0 aliphatic rings. The van der Waals surface area contributed by atoms with E-state index < -0.39 is 0 Å². The van der Waals surface area contributed by atoms with E-state index in [9.17, 15) is 4.79 Å². The summed E-state index contributed by atoms with van der Waals surface area (Å²) in [6.45, 7) is 16.2. The zero-order valence-corrected chi connectivity index (χ0v) is 11.5. The van der Waals surface area contributed by atoms with Crippen LogP contribution in [0.15, 0.2) is 0 Å². The Balaban J connectivity index is 4.64. The number of ether oxygens (including phenoxy) is 1. The highest BCUT2D eigenvalue weighted by Gasteiger charge is 2.38. The lowest BCUT2D eigenvalue weighted by Crippen LogP contribution is -2.46. The van der Waals surface area contributed by atoms with Gasteiger partial charge < -0.3 is 4.74 Å². The molecule has 0 fully saturated rings. The zero-order chi connectivity index (χ0) is 12.5. The second-order valence-electron chi connectivity index (χ2n) is 6.50.